The fourth-order valence-electron chi connectivity index (χ4n) is 7.60. The van der Waals surface area contributed by atoms with Gasteiger partial charge in [0.1, 0.15) is 12.7 Å². The van der Waals surface area contributed by atoms with Gasteiger partial charge in [0.2, 0.25) is 31.1 Å². The van der Waals surface area contributed by atoms with Gasteiger partial charge in [-0.15, -0.1) is 0 Å². The molecule has 52 heavy (non-hydrogen) atoms. The number of ether oxygens (including phenoxy) is 7. The Morgan fingerprint density at radius 1 is 0.769 bits per heavy atom. The fraction of sp³-hybridized carbons (Fsp3) is 0.543. The highest BCUT2D eigenvalue weighted by atomic mass is 28.4. The number of Topliss-reactive ketones (excluding diaryl/α,β-unsaturated/α-hetero) is 4. The molecule has 3 fully saturated rings. The molecule has 1 aromatic carbocycles. The first-order chi connectivity index (χ1) is 24.3. The van der Waals surface area contributed by atoms with Crippen molar-refractivity contribution < 1.29 is 75.9 Å². The Hall–Kier alpha value is -4.58. The zero-order valence-corrected chi connectivity index (χ0v) is 30.5. The average molecular weight is 743 g/mol. The van der Waals surface area contributed by atoms with E-state index in [0.717, 1.165) is 27.7 Å². The molecule has 278 valence electrons. The molecule has 1 saturated carbocycles. The van der Waals surface area contributed by atoms with Crippen LogP contribution in [-0.2, 0) is 66.4 Å². The van der Waals surface area contributed by atoms with E-state index in [1.807, 2.05) is 19.6 Å². The van der Waals surface area contributed by atoms with Crippen molar-refractivity contribution in [2.24, 2.45) is 11.8 Å². The second-order valence-corrected chi connectivity index (χ2v) is 18.7. The van der Waals surface area contributed by atoms with Gasteiger partial charge in [0.25, 0.3) is 0 Å². The van der Waals surface area contributed by atoms with Crippen LogP contribution in [0.15, 0.2) is 36.1 Å². The molecule has 0 radical (unpaired) electrons. The number of fused-ring (bicyclic) bond motifs is 2. The maximum Gasteiger partial charge on any atom is 0.303 e. The normalized spacial score (nSPS) is 34.7. The topological polar surface area (TPSA) is 214 Å². The number of rotatable bonds is 9. The SMILES string of the molecule is CC(=O)OC[C@H]1O[C@@H](O[C@H]2C=C(O[Si](C)(C)C)C[C@H]3C(=O)[C@]45O[C@]4(C(=O)c4ccccc4C5=O)C(=O)[C@@H]23)[C@H](OC(C)=O)[C@@H](OC(C)=O)[C@@H]1OC(C)=O. The van der Waals surface area contributed by atoms with Crippen molar-refractivity contribution in [2.75, 3.05) is 6.61 Å². The number of carbonyl (C=O) groups excluding carboxylic acids is 8. The maximum atomic E-state index is 14.7. The Bertz CT molecular complexity index is 1810. The summed E-state index contributed by atoms with van der Waals surface area (Å²) in [5.74, 6) is -9.05. The van der Waals surface area contributed by atoms with Crippen LogP contribution >= 0.6 is 0 Å². The van der Waals surface area contributed by atoms with E-state index in [0.29, 0.717) is 0 Å². The van der Waals surface area contributed by atoms with E-state index >= 15 is 0 Å². The molecule has 0 bridgehead atoms. The molecule has 2 aliphatic heterocycles. The molecule has 17 heteroatoms. The summed E-state index contributed by atoms with van der Waals surface area (Å²) in [6.45, 7) is 9.43. The molecule has 5 aliphatic rings. The Labute approximate surface area is 298 Å². The van der Waals surface area contributed by atoms with Gasteiger partial charge in [-0.3, -0.25) is 38.4 Å². The van der Waals surface area contributed by atoms with Crippen LogP contribution in [-0.4, -0.2) is 110 Å². The van der Waals surface area contributed by atoms with E-state index in [1.165, 1.54) is 30.3 Å². The summed E-state index contributed by atoms with van der Waals surface area (Å²) in [7, 11) is -2.39. The molecule has 0 N–H and O–H groups in total. The minimum absolute atomic E-state index is 0.0320. The van der Waals surface area contributed by atoms with Crippen LogP contribution < -0.4 is 0 Å². The largest absolute Gasteiger partial charge is 0.547 e. The van der Waals surface area contributed by atoms with Gasteiger partial charge in [-0.25, -0.2) is 0 Å². The lowest BCUT2D eigenvalue weighted by Gasteiger charge is -2.47. The Morgan fingerprint density at radius 2 is 1.31 bits per heavy atom. The van der Waals surface area contributed by atoms with Gasteiger partial charge in [-0.1, -0.05) is 24.3 Å². The average Bonchev–Trinajstić information content (AvgIpc) is 3.77. The minimum Gasteiger partial charge on any atom is -0.547 e. The molecular weight excluding hydrogens is 704 g/mol. The molecular formula is C35H38O16Si. The molecule has 6 rings (SSSR count). The Kier molecular flexibility index (Phi) is 9.38. The summed E-state index contributed by atoms with van der Waals surface area (Å²) in [6, 6.07) is 5.84. The highest BCUT2D eigenvalue weighted by molar-refractivity contribution is 6.70. The Balaban J connectivity index is 1.44. The van der Waals surface area contributed by atoms with Crippen molar-refractivity contribution in [3.05, 3.63) is 47.2 Å². The van der Waals surface area contributed by atoms with Gasteiger partial charge in [0.15, 0.2) is 36.2 Å². The van der Waals surface area contributed by atoms with E-state index in [4.69, 9.17) is 37.6 Å². The van der Waals surface area contributed by atoms with Crippen molar-refractivity contribution in [3.8, 4) is 0 Å². The van der Waals surface area contributed by atoms with Crippen LogP contribution in [0.25, 0.3) is 0 Å². The number of allylic oxidation sites excluding steroid dienone is 1. The molecule has 0 spiro atoms. The monoisotopic (exact) mass is 742 g/mol. The summed E-state index contributed by atoms with van der Waals surface area (Å²) in [5.41, 5.74) is -4.87. The van der Waals surface area contributed by atoms with E-state index in [2.05, 4.69) is 0 Å². The van der Waals surface area contributed by atoms with Crippen LogP contribution in [0, 0.1) is 11.8 Å². The Morgan fingerprint density at radius 3 is 1.85 bits per heavy atom. The second-order valence-electron chi connectivity index (χ2n) is 14.2. The third-order valence-electron chi connectivity index (χ3n) is 9.39. The molecule has 10 atom stereocenters. The summed E-state index contributed by atoms with van der Waals surface area (Å²) in [6.07, 6.45) is -7.93. The standard InChI is InChI=1S/C35H38O16Si/c1-15(36)44-14-24-26(45-16(2)37)27(46-17(3)38)28(47-18(4)39)33(49-24)48-23-13-19(50-52(5,6)7)12-22-25(23)32(43)35-30(41)21-11-9-8-10-20(21)29(40)34(35,51-35)31(22)42/h8-11,13,22-28,33H,12,14H2,1-7H3/t22-,23+,24-,25-,26-,27+,28-,33-,34+,35-/m1/s1. The highest BCUT2D eigenvalue weighted by Crippen LogP contribution is 2.63. The smallest absolute Gasteiger partial charge is 0.303 e. The van der Waals surface area contributed by atoms with Crippen molar-refractivity contribution in [1.29, 1.82) is 0 Å². The minimum atomic E-state index is -2.43. The zero-order valence-electron chi connectivity index (χ0n) is 29.5. The molecule has 3 aliphatic carbocycles. The summed E-state index contributed by atoms with van der Waals surface area (Å²) in [4.78, 5) is 106. The van der Waals surface area contributed by atoms with E-state index < -0.39 is 122 Å². The lowest BCUT2D eigenvalue weighted by molar-refractivity contribution is -0.317. The molecule has 2 heterocycles. The van der Waals surface area contributed by atoms with Crippen LogP contribution in [0.1, 0.15) is 54.8 Å². The molecule has 0 aromatic heterocycles. The van der Waals surface area contributed by atoms with Gasteiger partial charge in [0, 0.05) is 51.2 Å². The van der Waals surface area contributed by atoms with Crippen molar-refractivity contribution in [2.45, 2.75) is 102 Å². The zero-order chi connectivity index (χ0) is 38.1. The number of esters is 4. The van der Waals surface area contributed by atoms with E-state index in [-0.39, 0.29) is 23.3 Å². The number of epoxide rings is 1. The first kappa shape index (κ1) is 37.2. The van der Waals surface area contributed by atoms with Crippen LogP contribution in [0.4, 0.5) is 0 Å². The molecule has 2 saturated heterocycles. The second kappa shape index (κ2) is 13.1. The van der Waals surface area contributed by atoms with Crippen molar-refractivity contribution in [3.63, 3.8) is 0 Å². The van der Waals surface area contributed by atoms with E-state index in [1.54, 1.807) is 0 Å². The molecule has 0 amide bonds. The van der Waals surface area contributed by atoms with Crippen molar-refractivity contribution in [1.82, 2.24) is 0 Å². The predicted molar refractivity (Wildman–Crippen MR) is 173 cm³/mol. The molecule has 1 aromatic rings. The number of benzene rings is 1. The fourth-order valence-corrected chi connectivity index (χ4v) is 8.54. The molecule has 16 nitrogen and oxygen atoms in total. The van der Waals surface area contributed by atoms with Gasteiger partial charge in [-0.2, -0.15) is 0 Å². The number of carbonyl (C=O) groups is 8. The highest BCUT2D eigenvalue weighted by Gasteiger charge is 2.91. The van der Waals surface area contributed by atoms with Gasteiger partial charge in [0.05, 0.1) is 17.8 Å². The quantitative estimate of drug-likeness (QED) is 0.115. The summed E-state index contributed by atoms with van der Waals surface area (Å²) < 4.78 is 46.2. The number of ketones is 4. The van der Waals surface area contributed by atoms with E-state index in [9.17, 15) is 38.4 Å². The van der Waals surface area contributed by atoms with Gasteiger partial charge < -0.3 is 37.6 Å². The third kappa shape index (κ3) is 6.08. The number of hydrogen-bond donors (Lipinski definition) is 0. The third-order valence-corrected chi connectivity index (χ3v) is 10.3. The van der Waals surface area contributed by atoms with Gasteiger partial charge in [-0.05, 0) is 25.7 Å². The summed E-state index contributed by atoms with van der Waals surface area (Å²) in [5, 5.41) is 0. The van der Waals surface area contributed by atoms with Crippen LogP contribution in [0.2, 0.25) is 19.6 Å². The van der Waals surface area contributed by atoms with Crippen molar-refractivity contribution >= 4 is 55.3 Å². The lowest BCUT2D eigenvalue weighted by atomic mass is 9.57. The maximum absolute atomic E-state index is 14.7. The molecule has 0 unspecified atom stereocenters. The number of hydrogen-bond acceptors (Lipinski definition) is 16. The van der Waals surface area contributed by atoms with Crippen LogP contribution in [0.5, 0.6) is 0 Å². The lowest BCUT2D eigenvalue weighted by Crippen LogP contribution is -2.66. The summed E-state index contributed by atoms with van der Waals surface area (Å²) >= 11 is 0. The first-order valence-electron chi connectivity index (χ1n) is 16.7. The predicted octanol–water partition coefficient (Wildman–Crippen LogP) is 1.57. The van der Waals surface area contributed by atoms with Crippen LogP contribution in [0.3, 0.4) is 0 Å². The first-order valence-corrected chi connectivity index (χ1v) is 20.1. The van der Waals surface area contributed by atoms with Gasteiger partial charge >= 0.3 is 23.9 Å².